The van der Waals surface area contributed by atoms with E-state index in [1.165, 1.54) is 38.4 Å². The fourth-order valence-electron chi connectivity index (χ4n) is 2.06. The number of ketones is 1. The van der Waals surface area contributed by atoms with Crippen LogP contribution >= 0.6 is 0 Å². The first kappa shape index (κ1) is 19.5. The van der Waals surface area contributed by atoms with Crippen LogP contribution in [0.4, 0.5) is 4.39 Å². The zero-order valence-electron chi connectivity index (χ0n) is 14.0. The molecule has 26 heavy (non-hydrogen) atoms. The Morgan fingerprint density at radius 2 is 1.69 bits per heavy atom. The Morgan fingerprint density at radius 3 is 2.27 bits per heavy atom. The Balaban J connectivity index is 2.16. The van der Waals surface area contributed by atoms with E-state index in [2.05, 4.69) is 4.72 Å². The van der Waals surface area contributed by atoms with Crippen molar-refractivity contribution in [2.24, 2.45) is 0 Å². The van der Waals surface area contributed by atoms with Crippen molar-refractivity contribution >= 4 is 21.8 Å². The molecule has 0 aliphatic heterocycles. The lowest BCUT2D eigenvalue weighted by atomic mass is 10.1. The number of Topliss-reactive ketones (excluding diaryl/α,β-unsaturated/α-hetero) is 1. The number of carbonyl (C=O) groups is 2. The molecule has 2 rings (SSSR count). The normalized spacial score (nSPS) is 11.0. The number of methoxy groups -OCH3 is 1. The molecule has 0 fully saturated rings. The molecule has 0 unspecified atom stereocenters. The Hall–Kier alpha value is -2.78. The third-order valence-corrected chi connectivity index (χ3v) is 4.89. The number of halogens is 1. The van der Waals surface area contributed by atoms with Crippen LogP contribution in [0.1, 0.15) is 20.7 Å². The van der Waals surface area contributed by atoms with Gasteiger partial charge in [-0.3, -0.25) is 4.79 Å². The first-order valence-corrected chi connectivity index (χ1v) is 8.84. The van der Waals surface area contributed by atoms with Crippen LogP contribution in [0.25, 0.3) is 0 Å². The van der Waals surface area contributed by atoms with Gasteiger partial charge in [0.2, 0.25) is 10.0 Å². The van der Waals surface area contributed by atoms with E-state index in [4.69, 9.17) is 9.47 Å². The molecule has 0 spiro atoms. The van der Waals surface area contributed by atoms with Crippen LogP contribution in [0.15, 0.2) is 47.4 Å². The molecule has 2 aromatic carbocycles. The van der Waals surface area contributed by atoms with E-state index in [-0.39, 0.29) is 21.8 Å². The second-order valence-corrected chi connectivity index (χ2v) is 6.93. The minimum absolute atomic E-state index is 0.0540. The number of rotatable bonds is 7. The summed E-state index contributed by atoms with van der Waals surface area (Å²) in [6.45, 7) is -0.565. The van der Waals surface area contributed by atoms with Gasteiger partial charge in [0.25, 0.3) is 0 Å². The number of ether oxygens (including phenoxy) is 2. The minimum Gasteiger partial charge on any atom is -0.495 e. The first-order chi connectivity index (χ1) is 12.3. The van der Waals surface area contributed by atoms with Crippen molar-refractivity contribution in [3.63, 3.8) is 0 Å². The predicted molar refractivity (Wildman–Crippen MR) is 90.3 cm³/mol. The summed E-state index contributed by atoms with van der Waals surface area (Å²) in [6.07, 6.45) is 0. The SMILES string of the molecule is CNS(=O)(=O)c1cc(C(=O)OCC(=O)c2ccc(F)cc2)ccc1OC. The first-order valence-electron chi connectivity index (χ1n) is 7.36. The number of hydrogen-bond donors (Lipinski definition) is 1. The lowest BCUT2D eigenvalue weighted by Crippen LogP contribution is -2.20. The Bertz CT molecular complexity index is 925. The van der Waals surface area contributed by atoms with E-state index in [1.54, 1.807) is 0 Å². The van der Waals surface area contributed by atoms with Crippen LogP contribution in [0, 0.1) is 5.82 Å². The number of esters is 1. The van der Waals surface area contributed by atoms with Crippen LogP contribution in [0.2, 0.25) is 0 Å². The molecule has 9 heteroatoms. The maximum Gasteiger partial charge on any atom is 0.338 e. The van der Waals surface area contributed by atoms with Crippen molar-refractivity contribution in [1.29, 1.82) is 0 Å². The highest BCUT2D eigenvalue weighted by Gasteiger charge is 2.21. The quantitative estimate of drug-likeness (QED) is 0.580. The minimum atomic E-state index is -3.86. The van der Waals surface area contributed by atoms with Gasteiger partial charge in [0.15, 0.2) is 12.4 Å². The van der Waals surface area contributed by atoms with Crippen LogP contribution in [0.3, 0.4) is 0 Å². The van der Waals surface area contributed by atoms with Crippen molar-refractivity contribution in [2.75, 3.05) is 20.8 Å². The molecule has 0 atom stereocenters. The lowest BCUT2D eigenvalue weighted by molar-refractivity contribution is 0.0474. The number of benzene rings is 2. The lowest BCUT2D eigenvalue weighted by Gasteiger charge is -2.10. The van der Waals surface area contributed by atoms with E-state index >= 15 is 0 Å². The number of nitrogens with one attached hydrogen (secondary N) is 1. The smallest absolute Gasteiger partial charge is 0.338 e. The largest absolute Gasteiger partial charge is 0.495 e. The second kappa shape index (κ2) is 8.07. The molecule has 0 amide bonds. The molecular formula is C17H16FNO6S. The van der Waals surface area contributed by atoms with Gasteiger partial charge in [0.1, 0.15) is 16.5 Å². The van der Waals surface area contributed by atoms with Crippen LogP contribution in [-0.4, -0.2) is 40.9 Å². The van der Waals surface area contributed by atoms with Crippen LogP contribution in [0.5, 0.6) is 5.75 Å². The zero-order valence-corrected chi connectivity index (χ0v) is 14.8. The monoisotopic (exact) mass is 381 g/mol. The summed E-state index contributed by atoms with van der Waals surface area (Å²) in [4.78, 5) is 23.8. The third kappa shape index (κ3) is 4.44. The van der Waals surface area contributed by atoms with E-state index in [0.717, 1.165) is 18.2 Å². The predicted octanol–water partition coefficient (Wildman–Crippen LogP) is 1.78. The summed E-state index contributed by atoms with van der Waals surface area (Å²) < 4.78 is 48.9. The van der Waals surface area contributed by atoms with Gasteiger partial charge in [-0.2, -0.15) is 0 Å². The molecule has 0 aromatic heterocycles. The fourth-order valence-corrected chi connectivity index (χ4v) is 2.98. The molecule has 7 nitrogen and oxygen atoms in total. The zero-order chi connectivity index (χ0) is 19.3. The molecule has 0 saturated heterocycles. The highest BCUT2D eigenvalue weighted by atomic mass is 32.2. The van der Waals surface area contributed by atoms with Gasteiger partial charge in [-0.05, 0) is 49.5 Å². The topological polar surface area (TPSA) is 98.8 Å². The summed E-state index contributed by atoms with van der Waals surface area (Å²) in [7, 11) is -1.34. The summed E-state index contributed by atoms with van der Waals surface area (Å²) in [5.41, 5.74) is 0.124. The van der Waals surface area contributed by atoms with Crippen LogP contribution in [-0.2, 0) is 14.8 Å². The van der Waals surface area contributed by atoms with E-state index < -0.39 is 34.2 Å². The molecule has 138 valence electrons. The van der Waals surface area contributed by atoms with Gasteiger partial charge >= 0.3 is 5.97 Å². The third-order valence-electron chi connectivity index (χ3n) is 3.46. The maximum absolute atomic E-state index is 12.8. The van der Waals surface area contributed by atoms with Gasteiger partial charge in [-0.1, -0.05) is 0 Å². The van der Waals surface area contributed by atoms with Gasteiger partial charge < -0.3 is 9.47 Å². The van der Waals surface area contributed by atoms with Gasteiger partial charge in [0.05, 0.1) is 12.7 Å². The fraction of sp³-hybridized carbons (Fsp3) is 0.176. The molecule has 0 bridgehead atoms. The van der Waals surface area contributed by atoms with Crippen molar-refractivity contribution in [3.8, 4) is 5.75 Å². The maximum atomic E-state index is 12.8. The van der Waals surface area contributed by atoms with E-state index in [9.17, 15) is 22.4 Å². The van der Waals surface area contributed by atoms with Crippen LogP contribution < -0.4 is 9.46 Å². The molecule has 0 aliphatic rings. The Morgan fingerprint density at radius 1 is 1.08 bits per heavy atom. The van der Waals surface area contributed by atoms with Crippen molar-refractivity contribution in [3.05, 3.63) is 59.4 Å². The number of hydrogen-bond acceptors (Lipinski definition) is 6. The molecule has 1 N–H and O–H groups in total. The number of sulfonamides is 1. The average Bonchev–Trinajstić information content (AvgIpc) is 2.65. The molecule has 0 saturated carbocycles. The molecular weight excluding hydrogens is 365 g/mol. The van der Waals surface area contributed by atoms with Gasteiger partial charge in [0, 0.05) is 5.56 Å². The molecule has 0 radical (unpaired) electrons. The van der Waals surface area contributed by atoms with Crippen molar-refractivity contribution < 1.29 is 31.9 Å². The highest BCUT2D eigenvalue weighted by molar-refractivity contribution is 7.89. The van der Waals surface area contributed by atoms with Gasteiger partial charge in [-0.15, -0.1) is 0 Å². The summed E-state index contributed by atoms with van der Waals surface area (Å²) in [5, 5.41) is 0. The van der Waals surface area contributed by atoms with Crippen molar-refractivity contribution in [1.82, 2.24) is 4.72 Å². The molecule has 0 heterocycles. The summed E-state index contributed by atoms with van der Waals surface area (Å²) in [5.74, 6) is -1.83. The van der Waals surface area contributed by atoms with E-state index in [0.29, 0.717) is 0 Å². The standard InChI is InChI=1S/C17H16FNO6S/c1-19-26(22,23)16-9-12(5-8-15(16)24-2)17(21)25-10-14(20)11-3-6-13(18)7-4-11/h3-9,19H,10H2,1-2H3. The Kier molecular flexibility index (Phi) is 6.06. The summed E-state index contributed by atoms with van der Waals surface area (Å²) >= 11 is 0. The number of carbonyl (C=O) groups excluding carboxylic acids is 2. The molecule has 2 aromatic rings. The van der Waals surface area contributed by atoms with Crippen molar-refractivity contribution in [2.45, 2.75) is 4.90 Å². The van der Waals surface area contributed by atoms with E-state index in [1.807, 2.05) is 0 Å². The average molecular weight is 381 g/mol. The summed E-state index contributed by atoms with van der Waals surface area (Å²) in [6, 6.07) is 8.50. The second-order valence-electron chi connectivity index (χ2n) is 5.08. The Labute approximate surface area is 149 Å². The van der Waals surface area contributed by atoms with Gasteiger partial charge in [-0.25, -0.2) is 22.3 Å². The highest BCUT2D eigenvalue weighted by Crippen LogP contribution is 2.25. The molecule has 0 aliphatic carbocycles.